The van der Waals surface area contributed by atoms with Crippen molar-refractivity contribution in [2.24, 2.45) is 5.41 Å². The summed E-state index contributed by atoms with van der Waals surface area (Å²) in [4.78, 5) is 0. The van der Waals surface area contributed by atoms with Crippen LogP contribution in [-0.4, -0.2) is 0 Å². The summed E-state index contributed by atoms with van der Waals surface area (Å²) >= 11 is 0. The van der Waals surface area contributed by atoms with Crippen LogP contribution in [0, 0.1) is 5.41 Å². The van der Waals surface area contributed by atoms with E-state index in [9.17, 15) is 0 Å². The van der Waals surface area contributed by atoms with E-state index in [1.807, 2.05) is 0 Å². The van der Waals surface area contributed by atoms with Crippen molar-refractivity contribution in [3.05, 3.63) is 59.7 Å². The summed E-state index contributed by atoms with van der Waals surface area (Å²) in [7, 11) is 0. The van der Waals surface area contributed by atoms with Gasteiger partial charge in [-0.15, -0.1) is 0 Å². The maximum Gasteiger partial charge on any atom is -0.0132 e. The number of hydrogen-bond donors (Lipinski definition) is 0. The molecule has 1 aromatic rings. The van der Waals surface area contributed by atoms with Crippen molar-refractivity contribution < 1.29 is 0 Å². The predicted molar refractivity (Wildman–Crippen MR) is 91.1 cm³/mol. The molecule has 0 amide bonds. The van der Waals surface area contributed by atoms with E-state index in [1.165, 1.54) is 18.4 Å². The number of hydrogen-bond acceptors (Lipinski definition) is 0. The fourth-order valence-corrected chi connectivity index (χ4v) is 2.17. The minimum absolute atomic E-state index is 0.293. The molecule has 0 heterocycles. The molecule has 2 rings (SSSR count). The summed E-state index contributed by atoms with van der Waals surface area (Å²) in [6.07, 6.45) is 9.13. The van der Waals surface area contributed by atoms with E-state index in [4.69, 9.17) is 0 Å². The summed E-state index contributed by atoms with van der Waals surface area (Å²) in [5.74, 6) is 0. The molecule has 20 heavy (non-hydrogen) atoms. The normalized spacial score (nSPS) is 15.2. The van der Waals surface area contributed by atoms with E-state index >= 15 is 0 Å². The molecule has 0 saturated carbocycles. The van der Waals surface area contributed by atoms with Gasteiger partial charge < -0.3 is 0 Å². The molecule has 110 valence electrons. The molecule has 0 heteroatoms. The Morgan fingerprint density at radius 2 is 1.40 bits per heavy atom. The van der Waals surface area contributed by atoms with Gasteiger partial charge in [-0.1, -0.05) is 95.7 Å². The van der Waals surface area contributed by atoms with E-state index in [0.717, 1.165) is 0 Å². The van der Waals surface area contributed by atoms with Crippen molar-refractivity contribution >= 4 is 0 Å². The molecule has 0 radical (unpaired) electrons. The molecule has 0 unspecified atom stereocenters. The molecule has 1 aliphatic carbocycles. The Morgan fingerprint density at radius 3 is 1.70 bits per heavy atom. The fourth-order valence-electron chi connectivity index (χ4n) is 2.17. The second kappa shape index (κ2) is 6.92. The summed E-state index contributed by atoms with van der Waals surface area (Å²) in [5, 5.41) is 0. The van der Waals surface area contributed by atoms with Gasteiger partial charge in [0.2, 0.25) is 0 Å². The minimum atomic E-state index is 0.293. The molecule has 0 spiro atoms. The van der Waals surface area contributed by atoms with Gasteiger partial charge in [-0.3, -0.25) is 0 Å². The molecule has 1 aromatic carbocycles. The Bertz CT molecular complexity index is 447. The molecule has 1 aliphatic rings. The van der Waals surface area contributed by atoms with Gasteiger partial charge in [0.05, 0.1) is 0 Å². The second-order valence-electron chi connectivity index (χ2n) is 7.52. The minimum Gasteiger partial charge on any atom is -0.0842 e. The molecule has 0 atom stereocenters. The van der Waals surface area contributed by atoms with Crippen LogP contribution in [0.3, 0.4) is 0 Å². The summed E-state index contributed by atoms with van der Waals surface area (Å²) in [5.41, 5.74) is 3.65. The van der Waals surface area contributed by atoms with Crippen LogP contribution in [0.2, 0.25) is 0 Å². The highest BCUT2D eigenvalue weighted by molar-refractivity contribution is 5.22. The topological polar surface area (TPSA) is 0 Å². The largest absolute Gasteiger partial charge is 0.0842 e. The van der Waals surface area contributed by atoms with Crippen molar-refractivity contribution in [1.82, 2.24) is 0 Å². The fraction of sp³-hybridized carbons (Fsp3) is 0.500. The maximum atomic E-state index is 2.28. The number of benzene rings is 1. The third-order valence-electron chi connectivity index (χ3n) is 3.62. The van der Waals surface area contributed by atoms with Crippen LogP contribution in [0.25, 0.3) is 0 Å². The number of allylic oxidation sites excluding steroid dienone is 4. The first-order chi connectivity index (χ1) is 9.21. The van der Waals surface area contributed by atoms with Gasteiger partial charge in [-0.2, -0.15) is 0 Å². The lowest BCUT2D eigenvalue weighted by molar-refractivity contribution is 0.481. The summed E-state index contributed by atoms with van der Waals surface area (Å²) in [6, 6.07) is 10.6. The van der Waals surface area contributed by atoms with Crippen LogP contribution in [0.15, 0.2) is 54.1 Å². The van der Waals surface area contributed by atoms with Crippen molar-refractivity contribution in [2.45, 2.75) is 59.8 Å². The van der Waals surface area contributed by atoms with Gasteiger partial charge in [0.15, 0.2) is 0 Å². The zero-order chi connectivity index (χ0) is 15.2. The van der Waals surface area contributed by atoms with Crippen molar-refractivity contribution in [3.8, 4) is 0 Å². The van der Waals surface area contributed by atoms with E-state index < -0.39 is 0 Å². The first kappa shape index (κ1) is 16.8. The van der Waals surface area contributed by atoms with Crippen LogP contribution >= 0.6 is 0 Å². The summed E-state index contributed by atoms with van der Waals surface area (Å²) < 4.78 is 0. The Labute approximate surface area is 125 Å². The van der Waals surface area contributed by atoms with Crippen LogP contribution in [-0.2, 0) is 5.41 Å². The molecule has 0 fully saturated rings. The smallest absolute Gasteiger partial charge is 0.0132 e. The lowest BCUT2D eigenvalue weighted by Gasteiger charge is -2.23. The molecular formula is C20H30. The van der Waals surface area contributed by atoms with Crippen LogP contribution in [0.4, 0.5) is 0 Å². The van der Waals surface area contributed by atoms with Gasteiger partial charge in [-0.05, 0) is 29.2 Å². The molecule has 0 saturated heterocycles. The zero-order valence-corrected chi connectivity index (χ0v) is 14.0. The van der Waals surface area contributed by atoms with Crippen LogP contribution < -0.4 is 0 Å². The molecular weight excluding hydrogens is 240 g/mol. The molecule has 0 nitrogen and oxygen atoms in total. The van der Waals surface area contributed by atoms with E-state index in [1.54, 1.807) is 5.57 Å². The highest BCUT2D eigenvalue weighted by Gasteiger charge is 2.16. The number of rotatable bonds is 0. The maximum absolute atomic E-state index is 2.28. The molecule has 0 aliphatic heterocycles. The Morgan fingerprint density at radius 1 is 0.800 bits per heavy atom. The third kappa shape index (κ3) is 5.77. The molecule has 0 N–H and O–H groups in total. The van der Waals surface area contributed by atoms with E-state index in [-0.39, 0.29) is 0 Å². The quantitative estimate of drug-likeness (QED) is 0.519. The van der Waals surface area contributed by atoms with Gasteiger partial charge >= 0.3 is 0 Å². The summed E-state index contributed by atoms with van der Waals surface area (Å²) in [6.45, 7) is 13.5. The SMILES string of the molecule is CC(C)(C)C1=CC=CCC1.CC(C)(C)c1ccccc1. The van der Waals surface area contributed by atoms with Crippen molar-refractivity contribution in [1.29, 1.82) is 0 Å². The van der Waals surface area contributed by atoms with Gasteiger partial charge in [-0.25, -0.2) is 0 Å². The van der Waals surface area contributed by atoms with E-state index in [2.05, 4.69) is 90.1 Å². The lowest BCUT2D eigenvalue weighted by Crippen LogP contribution is -2.10. The molecule has 0 bridgehead atoms. The lowest BCUT2D eigenvalue weighted by atomic mass is 9.82. The van der Waals surface area contributed by atoms with Gasteiger partial charge in [0.1, 0.15) is 0 Å². The van der Waals surface area contributed by atoms with Gasteiger partial charge in [0, 0.05) is 0 Å². The monoisotopic (exact) mass is 270 g/mol. The van der Waals surface area contributed by atoms with Crippen LogP contribution in [0.5, 0.6) is 0 Å². The zero-order valence-electron chi connectivity index (χ0n) is 14.0. The standard InChI is InChI=1S/C10H16.C10H14/c2*1-10(2,3)9-7-5-4-6-8-9/h4-5,7H,6,8H2,1-3H3;4-8H,1-3H3. The van der Waals surface area contributed by atoms with E-state index in [0.29, 0.717) is 10.8 Å². The molecule has 0 aromatic heterocycles. The highest BCUT2D eigenvalue weighted by atomic mass is 14.2. The van der Waals surface area contributed by atoms with Crippen molar-refractivity contribution in [2.75, 3.05) is 0 Å². The first-order valence-electron chi connectivity index (χ1n) is 7.63. The average molecular weight is 270 g/mol. The Kier molecular flexibility index (Phi) is 5.80. The average Bonchev–Trinajstić information content (AvgIpc) is 2.40. The predicted octanol–water partition coefficient (Wildman–Crippen LogP) is 6.29. The van der Waals surface area contributed by atoms with Gasteiger partial charge in [0.25, 0.3) is 0 Å². The third-order valence-corrected chi connectivity index (χ3v) is 3.62. The Balaban J connectivity index is 0.000000200. The Hall–Kier alpha value is -1.30. The van der Waals surface area contributed by atoms with Crippen LogP contribution in [0.1, 0.15) is 59.9 Å². The van der Waals surface area contributed by atoms with Crippen molar-refractivity contribution in [3.63, 3.8) is 0 Å². The highest BCUT2D eigenvalue weighted by Crippen LogP contribution is 2.30. The second-order valence-corrected chi connectivity index (χ2v) is 7.52. The first-order valence-corrected chi connectivity index (χ1v) is 7.63.